The molecule has 1 aromatic heterocycles. The SMILES string of the molecule is CO[C@@H]1[C@H](OP(O)(=S)OC(C)C)[C@@H](/C=C/P(=O)(O)OC)C[C@H]1n1ccc(=O)[nH]c1=O. The van der Waals surface area contributed by atoms with Gasteiger partial charge in [0.1, 0.15) is 12.2 Å². The van der Waals surface area contributed by atoms with Gasteiger partial charge < -0.3 is 28.1 Å². The molecule has 0 aliphatic heterocycles. The van der Waals surface area contributed by atoms with Crippen molar-refractivity contribution in [3.05, 3.63) is 45.0 Å². The molecule has 14 heteroatoms. The number of nitrogens with zero attached hydrogens (tertiary/aromatic N) is 1. The van der Waals surface area contributed by atoms with E-state index in [0.29, 0.717) is 0 Å². The molecule has 0 bridgehead atoms. The Labute approximate surface area is 178 Å². The van der Waals surface area contributed by atoms with Gasteiger partial charge in [-0.25, -0.2) is 4.79 Å². The summed E-state index contributed by atoms with van der Waals surface area (Å²) in [5.41, 5.74) is -1.20. The highest BCUT2D eigenvalue weighted by Crippen LogP contribution is 2.52. The highest BCUT2D eigenvalue weighted by Gasteiger charge is 2.47. The summed E-state index contributed by atoms with van der Waals surface area (Å²) in [4.78, 5) is 46.0. The molecule has 1 saturated carbocycles. The Morgan fingerprint density at radius 1 is 1.30 bits per heavy atom. The predicted octanol–water partition coefficient (Wildman–Crippen LogP) is 1.49. The minimum Gasteiger partial charge on any atom is -0.377 e. The van der Waals surface area contributed by atoms with E-state index in [-0.39, 0.29) is 6.42 Å². The van der Waals surface area contributed by atoms with Crippen LogP contribution in [0, 0.1) is 5.92 Å². The zero-order chi connectivity index (χ0) is 22.7. The number of nitrogens with one attached hydrogen (secondary N) is 1. The van der Waals surface area contributed by atoms with Crippen molar-refractivity contribution in [2.75, 3.05) is 14.2 Å². The average Bonchev–Trinajstić information content (AvgIpc) is 2.95. The summed E-state index contributed by atoms with van der Waals surface area (Å²) in [6, 6.07) is 0.576. The molecule has 30 heavy (non-hydrogen) atoms. The minimum atomic E-state index is -3.97. The molecule has 2 unspecified atom stereocenters. The van der Waals surface area contributed by atoms with E-state index in [0.717, 1.165) is 12.9 Å². The minimum absolute atomic E-state index is 0.229. The fraction of sp³-hybridized carbons (Fsp3) is 0.625. The van der Waals surface area contributed by atoms with E-state index in [9.17, 15) is 23.9 Å². The first-order chi connectivity index (χ1) is 13.9. The Morgan fingerprint density at radius 2 is 1.97 bits per heavy atom. The van der Waals surface area contributed by atoms with Crippen LogP contribution in [0.4, 0.5) is 0 Å². The lowest BCUT2D eigenvalue weighted by Gasteiger charge is -2.29. The third-order valence-electron chi connectivity index (χ3n) is 4.50. The lowest BCUT2D eigenvalue weighted by Crippen LogP contribution is -2.38. The predicted molar refractivity (Wildman–Crippen MR) is 113 cm³/mol. The first-order valence-electron chi connectivity index (χ1n) is 9.00. The van der Waals surface area contributed by atoms with Crippen molar-refractivity contribution in [3.8, 4) is 0 Å². The van der Waals surface area contributed by atoms with Gasteiger partial charge in [0, 0.05) is 38.2 Å². The fourth-order valence-electron chi connectivity index (χ4n) is 3.31. The third-order valence-corrected chi connectivity index (χ3v) is 7.29. The van der Waals surface area contributed by atoms with Crippen LogP contribution in [-0.2, 0) is 34.7 Å². The number of hydrogen-bond donors (Lipinski definition) is 3. The molecule has 3 N–H and O–H groups in total. The van der Waals surface area contributed by atoms with Gasteiger partial charge >= 0.3 is 20.0 Å². The molecular formula is C16H26N2O9P2S. The van der Waals surface area contributed by atoms with Gasteiger partial charge in [-0.1, -0.05) is 6.08 Å². The van der Waals surface area contributed by atoms with E-state index in [1.54, 1.807) is 13.8 Å². The van der Waals surface area contributed by atoms with E-state index in [1.165, 1.54) is 30.0 Å². The number of H-pyrrole nitrogens is 1. The molecule has 1 heterocycles. The smallest absolute Gasteiger partial charge is 0.351 e. The Kier molecular flexibility index (Phi) is 8.54. The maximum absolute atomic E-state index is 12.3. The summed E-state index contributed by atoms with van der Waals surface area (Å²) in [5.74, 6) is 0.419. The van der Waals surface area contributed by atoms with Crippen LogP contribution in [0.3, 0.4) is 0 Å². The third kappa shape index (κ3) is 6.53. The van der Waals surface area contributed by atoms with Crippen LogP contribution in [0.5, 0.6) is 0 Å². The number of rotatable bonds is 9. The molecule has 1 fully saturated rings. The maximum atomic E-state index is 12.3. The monoisotopic (exact) mass is 484 g/mol. The molecule has 1 aliphatic rings. The van der Waals surface area contributed by atoms with Crippen LogP contribution < -0.4 is 11.2 Å². The quantitative estimate of drug-likeness (QED) is 0.440. The van der Waals surface area contributed by atoms with Crippen molar-refractivity contribution in [1.29, 1.82) is 0 Å². The Morgan fingerprint density at radius 3 is 2.50 bits per heavy atom. The number of hydrogen-bond acceptors (Lipinski definition) is 8. The van der Waals surface area contributed by atoms with Crippen LogP contribution in [0.25, 0.3) is 0 Å². The number of aromatic nitrogens is 2. The second kappa shape index (κ2) is 10.1. The lowest BCUT2D eigenvalue weighted by molar-refractivity contribution is -0.0161. The zero-order valence-electron chi connectivity index (χ0n) is 16.9. The standard InChI is InChI=1S/C16H26N2O9P2S/c1-10(2)26-29(23,30)27-14-11(6-8-28(21,22)25-4)9-12(15(14)24-3)18-7-5-13(19)17-16(18)20/h5-8,10-12,14-15H,9H2,1-4H3,(H,21,22)(H,23,30)(H,17,19,20)/b8-6+/t11-,12+,14+,15-,29?/m0/s1. The summed E-state index contributed by atoms with van der Waals surface area (Å²) in [7, 11) is -1.47. The zero-order valence-corrected chi connectivity index (χ0v) is 19.5. The molecule has 6 atom stereocenters. The van der Waals surface area contributed by atoms with Crippen molar-refractivity contribution >= 4 is 26.1 Å². The molecule has 2 rings (SSSR count). The molecular weight excluding hydrogens is 458 g/mol. The average molecular weight is 484 g/mol. The lowest BCUT2D eigenvalue weighted by atomic mass is 10.1. The topological polar surface area (TPSA) is 149 Å². The highest BCUT2D eigenvalue weighted by molar-refractivity contribution is 8.07. The molecule has 1 aromatic rings. The molecule has 0 spiro atoms. The summed E-state index contributed by atoms with van der Waals surface area (Å²) in [5, 5.41) is 0. The van der Waals surface area contributed by atoms with Gasteiger partial charge in [0.2, 0.25) is 0 Å². The van der Waals surface area contributed by atoms with Crippen molar-refractivity contribution in [3.63, 3.8) is 0 Å². The first-order valence-corrected chi connectivity index (χ1v) is 13.2. The van der Waals surface area contributed by atoms with Crippen molar-refractivity contribution in [1.82, 2.24) is 9.55 Å². The summed E-state index contributed by atoms with van der Waals surface area (Å²) in [6.07, 6.45) is 0.873. The van der Waals surface area contributed by atoms with Gasteiger partial charge in [0.15, 0.2) is 0 Å². The summed E-state index contributed by atoms with van der Waals surface area (Å²) < 4.78 is 34.3. The molecule has 11 nitrogen and oxygen atoms in total. The van der Waals surface area contributed by atoms with Crippen LogP contribution in [0.15, 0.2) is 33.7 Å². The van der Waals surface area contributed by atoms with Gasteiger partial charge in [-0.3, -0.25) is 18.9 Å². The van der Waals surface area contributed by atoms with E-state index in [2.05, 4.69) is 9.51 Å². The second-order valence-electron chi connectivity index (χ2n) is 6.97. The van der Waals surface area contributed by atoms with Crippen LogP contribution >= 0.6 is 14.3 Å². The van der Waals surface area contributed by atoms with Crippen molar-refractivity contribution in [2.45, 2.75) is 44.6 Å². The van der Waals surface area contributed by atoms with Gasteiger partial charge in [0.25, 0.3) is 5.56 Å². The molecule has 0 amide bonds. The normalized spacial score (nSPS) is 28.6. The summed E-state index contributed by atoms with van der Waals surface area (Å²) in [6.45, 7) is -0.315. The number of aromatic amines is 1. The Balaban J connectivity index is 2.46. The number of methoxy groups -OCH3 is 1. The van der Waals surface area contributed by atoms with Gasteiger partial charge in [-0.2, -0.15) is 0 Å². The van der Waals surface area contributed by atoms with E-state index in [1.807, 2.05) is 0 Å². The Bertz CT molecular complexity index is 976. The van der Waals surface area contributed by atoms with Crippen molar-refractivity contribution in [2.24, 2.45) is 5.92 Å². The van der Waals surface area contributed by atoms with Crippen LogP contribution in [0.1, 0.15) is 26.3 Å². The van der Waals surface area contributed by atoms with Gasteiger partial charge in [-0.05, 0) is 32.1 Å². The second-order valence-corrected chi connectivity index (χ2v) is 11.5. The van der Waals surface area contributed by atoms with E-state index >= 15 is 0 Å². The summed E-state index contributed by atoms with van der Waals surface area (Å²) >= 11 is 5.09. The first kappa shape index (κ1) is 25.3. The molecule has 170 valence electrons. The fourth-order valence-corrected chi connectivity index (χ4v) is 5.85. The van der Waals surface area contributed by atoms with Crippen molar-refractivity contribution < 1.29 is 32.7 Å². The van der Waals surface area contributed by atoms with Gasteiger partial charge in [-0.15, -0.1) is 0 Å². The van der Waals surface area contributed by atoms with E-state index < -0.39 is 55.8 Å². The van der Waals surface area contributed by atoms with Gasteiger partial charge in [0.05, 0.1) is 12.1 Å². The maximum Gasteiger partial charge on any atom is 0.351 e. The molecule has 0 saturated heterocycles. The molecule has 1 aliphatic carbocycles. The van der Waals surface area contributed by atoms with Crippen LogP contribution in [-0.4, -0.2) is 51.9 Å². The molecule has 0 radical (unpaired) electrons. The Hall–Kier alpha value is -0.940. The number of ether oxygens (including phenoxy) is 1. The highest BCUT2D eigenvalue weighted by atomic mass is 32.5. The van der Waals surface area contributed by atoms with E-state index in [4.69, 9.17) is 25.6 Å². The van der Waals surface area contributed by atoms with Crippen LogP contribution in [0.2, 0.25) is 0 Å². The largest absolute Gasteiger partial charge is 0.377 e. The molecule has 0 aromatic carbocycles.